The maximum absolute atomic E-state index is 11.7. The first-order chi connectivity index (χ1) is 13.5. The van der Waals surface area contributed by atoms with Gasteiger partial charge in [0.05, 0.1) is 3.57 Å². The van der Waals surface area contributed by atoms with Crippen molar-refractivity contribution in [3.05, 3.63) is 49.1 Å². The topological polar surface area (TPSA) is 153 Å². The van der Waals surface area contributed by atoms with Gasteiger partial charge in [-0.2, -0.15) is 0 Å². The lowest BCUT2D eigenvalue weighted by atomic mass is 10.1. The van der Waals surface area contributed by atoms with E-state index in [0.717, 1.165) is 7.14 Å². The molecule has 156 valence electrons. The molecule has 0 aliphatic rings. The van der Waals surface area contributed by atoms with E-state index in [2.05, 4.69) is 27.9 Å². The molecule has 1 unspecified atom stereocenters. The van der Waals surface area contributed by atoms with E-state index in [-0.39, 0.29) is 12.2 Å². The number of carboxylic acids is 1. The Kier molecular flexibility index (Phi) is 8.28. The van der Waals surface area contributed by atoms with Gasteiger partial charge in [0, 0.05) is 9.99 Å². The minimum atomic E-state index is -4.59. The molecule has 0 aromatic heterocycles. The van der Waals surface area contributed by atoms with Crippen molar-refractivity contribution in [2.45, 2.75) is 12.5 Å². The van der Waals surface area contributed by atoms with E-state index >= 15 is 0 Å². The zero-order valence-electron chi connectivity index (χ0n) is 14.6. The number of phenolic OH excluding ortho intramolecular Hbond substituents is 1. The quantitative estimate of drug-likeness (QED) is 0.217. The molecule has 1 atom stereocenters. The normalized spacial score (nSPS) is 12.3. The standard InChI is InChI=1S/C17H16I2NO8P/c18-15-9(7-12(17(23)24)20-14(22)8-29(25,26)27)1-6-13(16(15)19)28-11-4-2-10(21)3-5-11/h1-6,12,21H,7-8H2,(H,20,22)(H,23,24)(H2,25,26,27). The molecule has 0 bridgehead atoms. The summed E-state index contributed by atoms with van der Waals surface area (Å²) in [5.74, 6) is -1.21. The van der Waals surface area contributed by atoms with Crippen LogP contribution in [0.3, 0.4) is 0 Å². The summed E-state index contributed by atoms with van der Waals surface area (Å²) in [5.41, 5.74) is 0.622. The van der Waals surface area contributed by atoms with Gasteiger partial charge < -0.3 is 30.1 Å². The van der Waals surface area contributed by atoms with Crippen LogP contribution in [0, 0.1) is 7.14 Å². The minimum Gasteiger partial charge on any atom is -0.508 e. The first-order valence-corrected chi connectivity index (χ1v) is 11.9. The van der Waals surface area contributed by atoms with Gasteiger partial charge in [-0.15, -0.1) is 0 Å². The maximum Gasteiger partial charge on any atom is 0.334 e. The van der Waals surface area contributed by atoms with E-state index in [4.69, 9.17) is 14.5 Å². The fraction of sp³-hybridized carbons (Fsp3) is 0.176. The second kappa shape index (κ2) is 10.1. The van der Waals surface area contributed by atoms with Crippen LogP contribution in [0.2, 0.25) is 0 Å². The van der Waals surface area contributed by atoms with Gasteiger partial charge in [-0.1, -0.05) is 6.07 Å². The number of aromatic hydroxyl groups is 1. The molecule has 12 heteroatoms. The molecule has 1 amide bonds. The van der Waals surface area contributed by atoms with E-state index in [1.54, 1.807) is 24.3 Å². The molecule has 0 aliphatic heterocycles. The summed E-state index contributed by atoms with van der Waals surface area (Å²) in [6.45, 7) is 0. The summed E-state index contributed by atoms with van der Waals surface area (Å²) in [6.07, 6.45) is -1.15. The third-order valence-corrected chi connectivity index (χ3v) is 7.63. The number of carbonyl (C=O) groups excluding carboxylic acids is 1. The molecular weight excluding hydrogens is 631 g/mol. The zero-order chi connectivity index (χ0) is 21.8. The Bertz CT molecular complexity index is 961. The highest BCUT2D eigenvalue weighted by Gasteiger charge is 2.26. The van der Waals surface area contributed by atoms with E-state index < -0.39 is 31.7 Å². The van der Waals surface area contributed by atoms with E-state index in [1.165, 1.54) is 12.1 Å². The number of phenols is 1. The molecule has 0 radical (unpaired) electrons. The van der Waals surface area contributed by atoms with Crippen LogP contribution in [0.5, 0.6) is 17.2 Å². The summed E-state index contributed by atoms with van der Waals surface area (Å²) in [5, 5.41) is 20.8. The van der Waals surface area contributed by atoms with Crippen LogP contribution >= 0.6 is 52.8 Å². The molecule has 2 rings (SSSR count). The summed E-state index contributed by atoms with van der Waals surface area (Å²) < 4.78 is 18.1. The summed E-state index contributed by atoms with van der Waals surface area (Å²) in [6, 6.07) is 8.14. The average Bonchev–Trinajstić information content (AvgIpc) is 2.60. The third-order valence-electron chi connectivity index (χ3n) is 3.60. The number of nitrogens with one attached hydrogen (secondary N) is 1. The number of ether oxygens (including phenoxy) is 1. The minimum absolute atomic E-state index is 0.0734. The number of amides is 1. The molecule has 0 heterocycles. The maximum atomic E-state index is 11.7. The van der Waals surface area contributed by atoms with Gasteiger partial charge in [-0.25, -0.2) is 4.79 Å². The Labute approximate surface area is 192 Å². The molecule has 0 aliphatic carbocycles. The SMILES string of the molecule is O=C(CP(=O)(O)O)NC(Cc1ccc(Oc2ccc(O)cc2)c(I)c1I)C(=O)O. The molecule has 0 saturated carbocycles. The number of carbonyl (C=O) groups is 2. The van der Waals surface area contributed by atoms with E-state index in [0.29, 0.717) is 17.1 Å². The lowest BCUT2D eigenvalue weighted by molar-refractivity contribution is -0.141. The van der Waals surface area contributed by atoms with Crippen molar-refractivity contribution < 1.29 is 38.9 Å². The fourth-order valence-electron chi connectivity index (χ4n) is 2.30. The second-order valence-corrected chi connectivity index (χ2v) is 9.74. The van der Waals surface area contributed by atoms with Crippen LogP contribution in [-0.4, -0.2) is 44.1 Å². The summed E-state index contributed by atoms with van der Waals surface area (Å²) >= 11 is 4.09. The van der Waals surface area contributed by atoms with Crippen LogP contribution in [0.4, 0.5) is 0 Å². The first kappa shape index (κ1) is 23.9. The van der Waals surface area contributed by atoms with Gasteiger partial charge in [0.1, 0.15) is 29.5 Å². The lowest BCUT2D eigenvalue weighted by Crippen LogP contribution is -2.43. The summed E-state index contributed by atoms with van der Waals surface area (Å²) in [7, 11) is -4.59. The van der Waals surface area contributed by atoms with Crippen LogP contribution in [0.1, 0.15) is 5.56 Å². The van der Waals surface area contributed by atoms with Gasteiger partial charge in [-0.3, -0.25) is 9.36 Å². The largest absolute Gasteiger partial charge is 0.508 e. The number of hydrogen-bond donors (Lipinski definition) is 5. The summed E-state index contributed by atoms with van der Waals surface area (Å²) in [4.78, 5) is 40.9. The smallest absolute Gasteiger partial charge is 0.334 e. The Hall–Kier alpha value is -1.41. The predicted molar refractivity (Wildman–Crippen MR) is 120 cm³/mol. The van der Waals surface area contributed by atoms with Gasteiger partial charge >= 0.3 is 13.6 Å². The van der Waals surface area contributed by atoms with Crippen LogP contribution in [-0.2, 0) is 20.6 Å². The number of rotatable bonds is 8. The zero-order valence-corrected chi connectivity index (χ0v) is 19.8. The van der Waals surface area contributed by atoms with Crippen LogP contribution < -0.4 is 10.1 Å². The van der Waals surface area contributed by atoms with Crippen molar-refractivity contribution in [3.63, 3.8) is 0 Å². The van der Waals surface area contributed by atoms with Crippen molar-refractivity contribution in [1.82, 2.24) is 5.32 Å². The molecule has 2 aromatic rings. The van der Waals surface area contributed by atoms with Crippen molar-refractivity contribution >= 4 is 64.7 Å². The lowest BCUT2D eigenvalue weighted by Gasteiger charge is -2.17. The molecular formula is C17H16I2NO8P. The highest BCUT2D eigenvalue weighted by Crippen LogP contribution is 2.34. The van der Waals surface area contributed by atoms with Crippen molar-refractivity contribution in [1.29, 1.82) is 0 Å². The Morgan fingerprint density at radius 2 is 1.69 bits per heavy atom. The average molecular weight is 647 g/mol. The van der Waals surface area contributed by atoms with E-state index in [9.17, 15) is 24.4 Å². The molecule has 5 N–H and O–H groups in total. The Morgan fingerprint density at radius 1 is 1.07 bits per heavy atom. The highest BCUT2D eigenvalue weighted by molar-refractivity contribution is 14.1. The van der Waals surface area contributed by atoms with Gasteiger partial charge in [0.25, 0.3) is 0 Å². The van der Waals surface area contributed by atoms with E-state index in [1.807, 2.05) is 22.6 Å². The third kappa shape index (κ3) is 7.41. The molecule has 2 aromatic carbocycles. The monoisotopic (exact) mass is 647 g/mol. The van der Waals surface area contributed by atoms with Crippen LogP contribution in [0.25, 0.3) is 0 Å². The van der Waals surface area contributed by atoms with Crippen molar-refractivity contribution in [2.24, 2.45) is 0 Å². The Morgan fingerprint density at radius 3 is 2.24 bits per heavy atom. The fourth-order valence-corrected chi connectivity index (χ4v) is 4.06. The molecule has 0 saturated heterocycles. The second-order valence-electron chi connectivity index (χ2n) is 5.93. The van der Waals surface area contributed by atoms with Crippen LogP contribution in [0.15, 0.2) is 36.4 Å². The number of halogens is 2. The number of benzene rings is 2. The molecule has 0 fully saturated rings. The molecule has 29 heavy (non-hydrogen) atoms. The number of carboxylic acid groups (broad SMARTS) is 1. The van der Waals surface area contributed by atoms with Crippen molar-refractivity contribution in [2.75, 3.05) is 6.16 Å². The van der Waals surface area contributed by atoms with Gasteiger partial charge in [-0.05, 0) is 81.1 Å². The number of aliphatic carboxylic acids is 1. The first-order valence-electron chi connectivity index (χ1n) is 7.97. The Balaban J connectivity index is 2.17. The number of hydrogen-bond acceptors (Lipinski definition) is 5. The molecule has 9 nitrogen and oxygen atoms in total. The molecule has 0 spiro atoms. The van der Waals surface area contributed by atoms with Gasteiger partial charge in [0.15, 0.2) is 0 Å². The van der Waals surface area contributed by atoms with Gasteiger partial charge in [0.2, 0.25) is 5.91 Å². The highest BCUT2D eigenvalue weighted by atomic mass is 127. The van der Waals surface area contributed by atoms with Crippen molar-refractivity contribution in [3.8, 4) is 17.2 Å². The predicted octanol–water partition coefficient (Wildman–Crippen LogP) is 2.68.